The van der Waals surface area contributed by atoms with Gasteiger partial charge in [-0.25, -0.2) is 18.1 Å². The molecule has 0 spiro atoms. The summed E-state index contributed by atoms with van der Waals surface area (Å²) in [4.78, 5) is 3.95. The summed E-state index contributed by atoms with van der Waals surface area (Å²) >= 11 is 0. The number of nitrogens with zero attached hydrogens (tertiary/aromatic N) is 2. The van der Waals surface area contributed by atoms with Crippen molar-refractivity contribution >= 4 is 10.0 Å². The van der Waals surface area contributed by atoms with E-state index in [2.05, 4.69) is 38.6 Å². The van der Waals surface area contributed by atoms with Crippen LogP contribution in [0.15, 0.2) is 66.1 Å². The van der Waals surface area contributed by atoms with Crippen LogP contribution in [0.1, 0.15) is 30.4 Å². The van der Waals surface area contributed by atoms with Gasteiger partial charge in [0.15, 0.2) is 11.5 Å². The van der Waals surface area contributed by atoms with Gasteiger partial charge < -0.3 is 20.1 Å². The second kappa shape index (κ2) is 11.1. The fraction of sp³-hybridized carbons (Fsp3) is 0.348. The number of sulfonamides is 1. The largest absolute Gasteiger partial charge is 0.504 e. The van der Waals surface area contributed by atoms with Gasteiger partial charge in [-0.3, -0.25) is 0 Å². The van der Waals surface area contributed by atoms with E-state index in [0.29, 0.717) is 12.3 Å². The SMILES string of the molecule is CC(CNCCCn1ccnc1)c1ccc(CCNS(=O)(=O)c2ccc(O)c(O)c2)cc1. The minimum Gasteiger partial charge on any atom is -0.504 e. The van der Waals surface area contributed by atoms with Crippen LogP contribution < -0.4 is 10.0 Å². The van der Waals surface area contributed by atoms with Crippen LogP contribution in [-0.2, 0) is 23.0 Å². The van der Waals surface area contributed by atoms with Crippen LogP contribution in [0.2, 0.25) is 0 Å². The molecule has 4 N–H and O–H groups in total. The number of phenols is 2. The number of hydrogen-bond acceptors (Lipinski definition) is 6. The Morgan fingerprint density at radius 2 is 1.84 bits per heavy atom. The number of aryl methyl sites for hydroxylation is 1. The molecule has 0 radical (unpaired) electrons. The second-order valence-corrected chi connectivity index (χ2v) is 9.57. The average Bonchev–Trinajstić information content (AvgIpc) is 3.29. The van der Waals surface area contributed by atoms with Gasteiger partial charge in [-0.15, -0.1) is 0 Å². The summed E-state index contributed by atoms with van der Waals surface area (Å²) in [7, 11) is -3.76. The van der Waals surface area contributed by atoms with Crippen molar-refractivity contribution in [2.45, 2.75) is 37.1 Å². The highest BCUT2D eigenvalue weighted by atomic mass is 32.2. The molecule has 1 unspecified atom stereocenters. The Bertz CT molecular complexity index is 1080. The first-order valence-electron chi connectivity index (χ1n) is 10.6. The van der Waals surface area contributed by atoms with Crippen molar-refractivity contribution in [1.29, 1.82) is 0 Å². The predicted octanol–water partition coefficient (Wildman–Crippen LogP) is 2.60. The molecule has 1 atom stereocenters. The van der Waals surface area contributed by atoms with Crippen molar-refractivity contribution in [3.8, 4) is 11.5 Å². The fourth-order valence-electron chi connectivity index (χ4n) is 3.34. The number of aromatic nitrogens is 2. The normalized spacial score (nSPS) is 12.7. The quantitative estimate of drug-likeness (QED) is 0.245. The number of imidazole rings is 1. The van der Waals surface area contributed by atoms with E-state index in [1.807, 2.05) is 24.7 Å². The highest BCUT2D eigenvalue weighted by Gasteiger charge is 2.15. The van der Waals surface area contributed by atoms with Crippen molar-refractivity contribution in [3.63, 3.8) is 0 Å². The molecule has 3 aromatic rings. The number of benzene rings is 2. The molecular weight excluding hydrogens is 428 g/mol. The maximum Gasteiger partial charge on any atom is 0.240 e. The molecule has 0 bridgehead atoms. The van der Waals surface area contributed by atoms with E-state index in [0.717, 1.165) is 43.8 Å². The van der Waals surface area contributed by atoms with E-state index >= 15 is 0 Å². The highest BCUT2D eigenvalue weighted by Crippen LogP contribution is 2.26. The molecule has 0 aliphatic heterocycles. The predicted molar refractivity (Wildman–Crippen MR) is 123 cm³/mol. The molecule has 0 aliphatic rings. The number of phenolic OH excluding ortho intramolecular Hbond substituents is 2. The number of aromatic hydroxyl groups is 2. The topological polar surface area (TPSA) is 116 Å². The molecule has 1 heterocycles. The lowest BCUT2D eigenvalue weighted by Crippen LogP contribution is -2.26. The maximum atomic E-state index is 12.3. The summed E-state index contributed by atoms with van der Waals surface area (Å²) in [6, 6.07) is 11.6. The molecule has 0 saturated carbocycles. The van der Waals surface area contributed by atoms with Crippen LogP contribution in [0.5, 0.6) is 11.5 Å². The lowest BCUT2D eigenvalue weighted by molar-refractivity contribution is 0.402. The third-order valence-corrected chi connectivity index (χ3v) is 6.75. The standard InChI is InChI=1S/C23H30N4O4S/c1-18(16-24-10-2-13-27-14-12-25-17-27)20-5-3-19(4-6-20)9-11-26-32(30,31)21-7-8-22(28)23(29)15-21/h3-8,12,14-15,17-18,24,26,28-29H,2,9-11,13,16H2,1H3. The fourth-order valence-corrected chi connectivity index (χ4v) is 4.39. The monoisotopic (exact) mass is 458 g/mol. The summed E-state index contributed by atoms with van der Waals surface area (Å²) in [6.45, 7) is 5.20. The van der Waals surface area contributed by atoms with Crippen LogP contribution >= 0.6 is 0 Å². The molecule has 0 fully saturated rings. The molecule has 3 rings (SSSR count). The lowest BCUT2D eigenvalue weighted by Gasteiger charge is -2.14. The first-order chi connectivity index (χ1) is 15.3. The van der Waals surface area contributed by atoms with Crippen molar-refractivity contribution in [2.24, 2.45) is 0 Å². The number of nitrogens with one attached hydrogen (secondary N) is 2. The van der Waals surface area contributed by atoms with Gasteiger partial charge >= 0.3 is 0 Å². The van der Waals surface area contributed by atoms with Gasteiger partial charge in [0.2, 0.25) is 10.0 Å². The molecule has 8 nitrogen and oxygen atoms in total. The van der Waals surface area contributed by atoms with E-state index in [1.54, 1.807) is 6.20 Å². The summed E-state index contributed by atoms with van der Waals surface area (Å²) in [6.07, 6.45) is 7.17. The third kappa shape index (κ3) is 6.81. The van der Waals surface area contributed by atoms with Crippen molar-refractivity contribution in [2.75, 3.05) is 19.6 Å². The van der Waals surface area contributed by atoms with E-state index in [-0.39, 0.29) is 17.2 Å². The van der Waals surface area contributed by atoms with Gasteiger partial charge in [-0.2, -0.15) is 0 Å². The molecule has 9 heteroatoms. The zero-order chi connectivity index (χ0) is 23.0. The molecule has 0 aliphatic carbocycles. The zero-order valence-corrected chi connectivity index (χ0v) is 18.9. The summed E-state index contributed by atoms with van der Waals surface area (Å²) in [5.41, 5.74) is 2.27. The smallest absolute Gasteiger partial charge is 0.240 e. The first-order valence-corrected chi connectivity index (χ1v) is 12.1. The first kappa shape index (κ1) is 23.8. The zero-order valence-electron chi connectivity index (χ0n) is 18.1. The minimum atomic E-state index is -3.76. The lowest BCUT2D eigenvalue weighted by atomic mass is 9.99. The highest BCUT2D eigenvalue weighted by molar-refractivity contribution is 7.89. The molecule has 2 aromatic carbocycles. The Balaban J connectivity index is 1.40. The van der Waals surface area contributed by atoms with Crippen LogP contribution in [0.25, 0.3) is 0 Å². The maximum absolute atomic E-state index is 12.3. The molecule has 32 heavy (non-hydrogen) atoms. The van der Waals surface area contributed by atoms with Gasteiger partial charge in [-0.05, 0) is 48.6 Å². The summed E-state index contributed by atoms with van der Waals surface area (Å²) in [5.74, 6) is -0.453. The molecular formula is C23H30N4O4S. The van der Waals surface area contributed by atoms with Gasteiger partial charge in [0.1, 0.15) is 0 Å². The van der Waals surface area contributed by atoms with Crippen molar-refractivity contribution in [1.82, 2.24) is 19.6 Å². The summed E-state index contributed by atoms with van der Waals surface area (Å²) in [5, 5.41) is 22.3. The summed E-state index contributed by atoms with van der Waals surface area (Å²) < 4.78 is 29.2. The second-order valence-electron chi connectivity index (χ2n) is 7.80. The Morgan fingerprint density at radius 3 is 2.53 bits per heavy atom. The number of rotatable bonds is 12. The molecule has 0 saturated heterocycles. The van der Waals surface area contributed by atoms with Crippen molar-refractivity contribution < 1.29 is 18.6 Å². The van der Waals surface area contributed by atoms with E-state index in [1.165, 1.54) is 11.6 Å². The van der Waals surface area contributed by atoms with Crippen LogP contribution in [0, 0.1) is 0 Å². The molecule has 1 aromatic heterocycles. The Kier molecular flexibility index (Phi) is 8.26. The van der Waals surface area contributed by atoms with Crippen molar-refractivity contribution in [3.05, 3.63) is 72.3 Å². The molecule has 172 valence electrons. The number of hydrogen-bond donors (Lipinski definition) is 4. The van der Waals surface area contributed by atoms with Crippen LogP contribution in [0.3, 0.4) is 0 Å². The third-order valence-electron chi connectivity index (χ3n) is 5.29. The minimum absolute atomic E-state index is 0.0884. The van der Waals surface area contributed by atoms with Crippen LogP contribution in [0.4, 0.5) is 0 Å². The van der Waals surface area contributed by atoms with E-state index < -0.39 is 15.8 Å². The van der Waals surface area contributed by atoms with Gasteiger partial charge in [-0.1, -0.05) is 31.2 Å². The Labute approximate surface area is 189 Å². The Hall–Kier alpha value is -2.88. The van der Waals surface area contributed by atoms with E-state index in [9.17, 15) is 18.6 Å². The Morgan fingerprint density at radius 1 is 1.06 bits per heavy atom. The average molecular weight is 459 g/mol. The van der Waals surface area contributed by atoms with Gasteiger partial charge in [0, 0.05) is 38.1 Å². The molecule has 0 amide bonds. The van der Waals surface area contributed by atoms with Crippen LogP contribution in [-0.4, -0.2) is 47.8 Å². The van der Waals surface area contributed by atoms with Gasteiger partial charge in [0.05, 0.1) is 11.2 Å². The van der Waals surface area contributed by atoms with Gasteiger partial charge in [0.25, 0.3) is 0 Å². The van der Waals surface area contributed by atoms with E-state index in [4.69, 9.17) is 0 Å².